The van der Waals surface area contributed by atoms with Crippen LogP contribution < -0.4 is 99.2 Å². The third-order valence-electron chi connectivity index (χ3n) is 5.44. The first-order valence-electron chi connectivity index (χ1n) is 12.2. The Kier molecular flexibility index (Phi) is 24.1. The third kappa shape index (κ3) is 16.5. The number of hydrogen-bond acceptors (Lipinski definition) is 23. The first kappa shape index (κ1) is 50.6. The van der Waals surface area contributed by atoms with Crippen LogP contribution in [0.1, 0.15) is 0 Å². The van der Waals surface area contributed by atoms with E-state index in [1.807, 2.05) is 0 Å². The second kappa shape index (κ2) is 24.2. The molecule has 51 heavy (non-hydrogen) atoms. The van der Waals surface area contributed by atoms with Crippen molar-refractivity contribution in [1.29, 1.82) is 0 Å². The number of benzene rings is 3. The Morgan fingerprint density at radius 1 is 0.608 bits per heavy atom. The minimum absolute atomic E-state index is 0. The van der Waals surface area contributed by atoms with Gasteiger partial charge in [0, 0.05) is 12.1 Å². The number of aromatic hydroxyl groups is 2. The van der Waals surface area contributed by atoms with Gasteiger partial charge in [-0.2, -0.15) is 5.11 Å². The van der Waals surface area contributed by atoms with Gasteiger partial charge in [-0.25, -0.2) is 25.3 Å². The quantitative estimate of drug-likeness (QED) is 0.0215. The van der Waals surface area contributed by atoms with Crippen molar-refractivity contribution >= 4 is 77.2 Å². The maximum Gasteiger partial charge on any atom is 1.00 e. The van der Waals surface area contributed by atoms with Gasteiger partial charge < -0.3 is 25.3 Å². The SMILES string of the molecule is O=S(=O)([O-])c1cc(S(=O)(=O)CCOSOO[O-])ccc1N=Nc1cc(N=Nc2ccc(S(=O)(=O)CCOSOO[O-])cc2)c(O)cc1O.[Na+].[Na+].[Na+]. The van der Waals surface area contributed by atoms with E-state index in [-0.39, 0.29) is 142 Å². The number of rotatable bonds is 19. The molecule has 0 spiro atoms. The summed E-state index contributed by atoms with van der Waals surface area (Å²) in [7, 11) is -13.3. The summed E-state index contributed by atoms with van der Waals surface area (Å²) in [6.07, 6.45) is 0. The first-order valence-corrected chi connectivity index (χ1v) is 18.3. The van der Waals surface area contributed by atoms with Crippen molar-refractivity contribution in [1.82, 2.24) is 0 Å². The zero-order chi connectivity index (χ0) is 35.4. The second-order valence-electron chi connectivity index (χ2n) is 8.50. The molecule has 0 saturated heterocycles. The third-order valence-corrected chi connectivity index (χ3v) is 10.4. The van der Waals surface area contributed by atoms with Gasteiger partial charge in [0.2, 0.25) is 0 Å². The van der Waals surface area contributed by atoms with E-state index in [0.717, 1.165) is 24.3 Å². The van der Waals surface area contributed by atoms with Crippen molar-refractivity contribution in [3.05, 3.63) is 54.6 Å². The molecule has 3 aromatic rings. The summed E-state index contributed by atoms with van der Waals surface area (Å²) in [5, 5.41) is 60.9. The summed E-state index contributed by atoms with van der Waals surface area (Å²) >= 11 is 0.215. The average molecular weight is 841 g/mol. The summed E-state index contributed by atoms with van der Waals surface area (Å²) < 4.78 is 103. The molecule has 0 aliphatic heterocycles. The number of hydrogen-bond donors (Lipinski definition) is 2. The zero-order valence-electron chi connectivity index (χ0n) is 26.4. The van der Waals surface area contributed by atoms with Gasteiger partial charge in [0.1, 0.15) is 38.7 Å². The smallest absolute Gasteiger partial charge is 0.744 e. The van der Waals surface area contributed by atoms with Crippen LogP contribution in [0.3, 0.4) is 0 Å². The zero-order valence-corrected chi connectivity index (χ0v) is 36.5. The van der Waals surface area contributed by atoms with Crippen molar-refractivity contribution in [2.75, 3.05) is 24.7 Å². The number of azo groups is 2. The van der Waals surface area contributed by atoms with Gasteiger partial charge in [-0.15, -0.1) is 24.0 Å². The van der Waals surface area contributed by atoms with Gasteiger partial charge >= 0.3 is 88.7 Å². The molecule has 0 aromatic heterocycles. The van der Waals surface area contributed by atoms with Gasteiger partial charge in [0.05, 0.1) is 45.1 Å². The van der Waals surface area contributed by atoms with E-state index in [2.05, 4.69) is 43.4 Å². The summed E-state index contributed by atoms with van der Waals surface area (Å²) in [5.41, 5.74) is -1.13. The molecule has 0 atom stereocenters. The number of sulfone groups is 2. The minimum Gasteiger partial charge on any atom is -0.744 e. The molecule has 0 aliphatic rings. The molecule has 0 fully saturated rings. The van der Waals surface area contributed by atoms with Crippen LogP contribution in [0, 0.1) is 0 Å². The molecule has 0 radical (unpaired) electrons. The second-order valence-corrected chi connectivity index (χ2v) is 15.1. The van der Waals surface area contributed by atoms with Gasteiger partial charge in [-0.1, -0.05) is 0 Å². The van der Waals surface area contributed by atoms with Crippen LogP contribution in [0.2, 0.25) is 0 Å². The maximum atomic E-state index is 12.5. The molecule has 0 unspecified atom stereocenters. The van der Waals surface area contributed by atoms with E-state index in [9.17, 15) is 50.5 Å². The molecule has 29 heteroatoms. The predicted octanol–water partition coefficient (Wildman–Crippen LogP) is -7.00. The van der Waals surface area contributed by atoms with Crippen molar-refractivity contribution in [2.24, 2.45) is 20.5 Å². The first-order chi connectivity index (χ1) is 22.7. The minimum atomic E-state index is -5.31. The Morgan fingerprint density at radius 3 is 1.55 bits per heavy atom. The van der Waals surface area contributed by atoms with Crippen molar-refractivity contribution in [2.45, 2.75) is 14.7 Å². The fourth-order valence-electron chi connectivity index (χ4n) is 3.28. The molecule has 0 saturated carbocycles. The van der Waals surface area contributed by atoms with E-state index in [1.54, 1.807) is 0 Å². The van der Waals surface area contributed by atoms with E-state index >= 15 is 0 Å². The molecular formula is C22H19N4Na3O17S5. The van der Waals surface area contributed by atoms with Crippen LogP contribution in [0.25, 0.3) is 0 Å². The molecule has 21 nitrogen and oxygen atoms in total. The van der Waals surface area contributed by atoms with Crippen LogP contribution >= 0.6 is 24.6 Å². The summed E-state index contributed by atoms with van der Waals surface area (Å²) in [6.45, 7) is -0.842. The van der Waals surface area contributed by atoms with Gasteiger partial charge in [0.25, 0.3) is 0 Å². The molecule has 3 aromatic carbocycles. The van der Waals surface area contributed by atoms with Crippen LogP contribution in [0.4, 0.5) is 22.7 Å². The van der Waals surface area contributed by atoms with E-state index in [4.69, 9.17) is 4.18 Å². The molecule has 0 aliphatic carbocycles. The number of phenolic OH excluding ortho intramolecular Hbond substituents is 2. The monoisotopic (exact) mass is 840 g/mol. The van der Waals surface area contributed by atoms with Crippen molar-refractivity contribution in [3.8, 4) is 11.5 Å². The summed E-state index contributed by atoms with van der Waals surface area (Å²) in [6, 6.07) is 9.17. The maximum absolute atomic E-state index is 12.5. The molecule has 3 rings (SSSR count). The Balaban J connectivity index is 0.00000833. The van der Waals surface area contributed by atoms with Crippen molar-refractivity contribution < 1.29 is 166 Å². The van der Waals surface area contributed by atoms with Crippen molar-refractivity contribution in [3.63, 3.8) is 0 Å². The fourth-order valence-corrected chi connectivity index (χ4v) is 6.83. The van der Waals surface area contributed by atoms with Gasteiger partial charge in [-0.05, 0) is 42.5 Å². The number of nitrogens with zero attached hydrogens (tertiary/aromatic N) is 4. The van der Waals surface area contributed by atoms with Crippen LogP contribution in [0.5, 0.6) is 11.5 Å². The fraction of sp³-hybridized carbons (Fsp3) is 0.182. The Hall–Kier alpha value is -0.350. The van der Waals surface area contributed by atoms with Crippen LogP contribution in [0.15, 0.2) is 89.7 Å². The van der Waals surface area contributed by atoms with E-state index in [0.29, 0.717) is 6.07 Å². The molecule has 0 bridgehead atoms. The van der Waals surface area contributed by atoms with Gasteiger partial charge in [0.15, 0.2) is 44.3 Å². The standard InChI is InChI=1S/C22H22N4O17S5.3Na/c27-20-13-21(28)19(12-18(20)25-23-14-1-3-15(4-2-14)46(31,32)9-7-38-44-42-40-29)26-24-17-6-5-16(11-22(17)48(35,36)37)47(33,34)10-8-39-45-43-41-30;;;/h1-6,11-13,27-30H,7-10H2,(H,35,36,37);;;/q;3*+1/p-3. The van der Waals surface area contributed by atoms with Gasteiger partial charge in [-0.3, -0.25) is 18.4 Å². The summed E-state index contributed by atoms with van der Waals surface area (Å²) in [5.74, 6) is -2.41. The van der Waals surface area contributed by atoms with Crippen LogP contribution in [-0.2, 0) is 56.9 Å². The summed E-state index contributed by atoms with van der Waals surface area (Å²) in [4.78, 5) is -1.75. The number of phenols is 2. The molecule has 0 amide bonds. The van der Waals surface area contributed by atoms with E-state index in [1.165, 1.54) is 24.3 Å². The Bertz CT molecular complexity index is 1960. The topological polar surface area (TPSA) is 317 Å². The molecular weight excluding hydrogens is 822 g/mol. The molecule has 0 heterocycles. The average Bonchev–Trinajstić information content (AvgIpc) is 3.03. The molecule has 262 valence electrons. The normalized spacial score (nSPS) is 12.0. The van der Waals surface area contributed by atoms with E-state index < -0.39 is 74.9 Å². The molecule has 2 N–H and O–H groups in total. The predicted molar refractivity (Wildman–Crippen MR) is 155 cm³/mol. The largest absolute Gasteiger partial charge is 1.00 e. The Morgan fingerprint density at radius 2 is 1.06 bits per heavy atom. The Labute approximate surface area is 365 Å². The van der Waals surface area contributed by atoms with Crippen LogP contribution in [-0.4, -0.2) is 64.7 Å².